The van der Waals surface area contributed by atoms with Gasteiger partial charge < -0.3 is 4.57 Å². The number of carbonyl (C=O) groups is 1. The highest BCUT2D eigenvalue weighted by molar-refractivity contribution is 5.82. The summed E-state index contributed by atoms with van der Waals surface area (Å²) in [5.41, 5.74) is 1.09. The highest BCUT2D eigenvalue weighted by Gasteiger charge is 2.31. The zero-order valence-electron chi connectivity index (χ0n) is 11.6. The van der Waals surface area contributed by atoms with Crippen LogP contribution in [0.25, 0.3) is 0 Å². The van der Waals surface area contributed by atoms with Gasteiger partial charge in [0, 0.05) is 24.7 Å². The number of hydrazone groups is 1. The summed E-state index contributed by atoms with van der Waals surface area (Å²) in [4.78, 5) is 26.9. The van der Waals surface area contributed by atoms with Crippen molar-refractivity contribution in [1.29, 1.82) is 0 Å². The quantitative estimate of drug-likeness (QED) is 0.682. The van der Waals surface area contributed by atoms with Gasteiger partial charge in [-0.25, -0.2) is 5.43 Å². The van der Waals surface area contributed by atoms with Gasteiger partial charge in [-0.15, -0.1) is 0 Å². The molecule has 0 aliphatic heterocycles. The van der Waals surface area contributed by atoms with E-state index in [1.54, 1.807) is 12.1 Å². The maximum atomic E-state index is 12.6. The van der Waals surface area contributed by atoms with Crippen molar-refractivity contribution >= 4 is 12.1 Å². The van der Waals surface area contributed by atoms with Gasteiger partial charge in [-0.05, 0) is 23.8 Å². The monoisotopic (exact) mass is 324 g/mol. The van der Waals surface area contributed by atoms with Crippen molar-refractivity contribution in [3.05, 3.63) is 64.3 Å². The van der Waals surface area contributed by atoms with E-state index in [4.69, 9.17) is 0 Å². The summed E-state index contributed by atoms with van der Waals surface area (Å²) < 4.78 is 38.4. The summed E-state index contributed by atoms with van der Waals surface area (Å²) in [5, 5.41) is 3.65. The third kappa shape index (κ3) is 4.77. The van der Waals surface area contributed by atoms with Crippen molar-refractivity contribution in [2.45, 2.75) is 12.7 Å². The Morgan fingerprint density at radius 2 is 1.96 bits per heavy atom. The number of aromatic nitrogens is 2. The van der Waals surface area contributed by atoms with Crippen LogP contribution in [0, 0.1) is 0 Å². The van der Waals surface area contributed by atoms with Gasteiger partial charge in [0.1, 0.15) is 6.54 Å². The van der Waals surface area contributed by atoms with Crippen LogP contribution in [0.15, 0.2) is 52.8 Å². The molecule has 0 fully saturated rings. The number of halogens is 3. The van der Waals surface area contributed by atoms with Crippen LogP contribution in [0.3, 0.4) is 0 Å². The maximum absolute atomic E-state index is 12.6. The van der Waals surface area contributed by atoms with Gasteiger partial charge in [-0.3, -0.25) is 14.6 Å². The average Bonchev–Trinajstić information content (AvgIpc) is 2.49. The number of rotatable bonds is 4. The molecule has 0 saturated heterocycles. The van der Waals surface area contributed by atoms with Crippen molar-refractivity contribution in [3.63, 3.8) is 0 Å². The van der Waals surface area contributed by atoms with E-state index < -0.39 is 29.8 Å². The first kappa shape index (κ1) is 16.4. The number of carbonyl (C=O) groups excluding carboxylic acids is 1. The van der Waals surface area contributed by atoms with Crippen LogP contribution in [-0.4, -0.2) is 21.7 Å². The van der Waals surface area contributed by atoms with Gasteiger partial charge in [0.05, 0.1) is 11.8 Å². The number of pyridine rings is 2. The van der Waals surface area contributed by atoms with E-state index in [2.05, 4.69) is 15.5 Å². The van der Waals surface area contributed by atoms with Gasteiger partial charge in [0.25, 0.3) is 11.5 Å². The first-order valence-corrected chi connectivity index (χ1v) is 6.36. The van der Waals surface area contributed by atoms with Crippen LogP contribution in [-0.2, 0) is 17.5 Å². The molecule has 0 radical (unpaired) electrons. The molecule has 0 aliphatic carbocycles. The fourth-order valence-corrected chi connectivity index (χ4v) is 1.64. The standard InChI is InChI=1S/C14H11F3N4O2/c15-14(16,17)11-1-2-13(23)21(8-11)9-12(22)20-19-7-10-3-5-18-6-4-10/h1-8H,9H2,(H,20,22). The third-order valence-corrected chi connectivity index (χ3v) is 2.73. The zero-order chi connectivity index (χ0) is 16.9. The first-order chi connectivity index (χ1) is 10.9. The molecule has 2 aromatic rings. The summed E-state index contributed by atoms with van der Waals surface area (Å²) in [7, 11) is 0. The molecule has 0 saturated carbocycles. The molecule has 2 heterocycles. The molecule has 2 rings (SSSR count). The molecular weight excluding hydrogens is 313 g/mol. The van der Waals surface area contributed by atoms with Crippen LogP contribution < -0.4 is 11.0 Å². The maximum Gasteiger partial charge on any atom is 0.417 e. The lowest BCUT2D eigenvalue weighted by Gasteiger charge is -2.09. The molecule has 0 unspecified atom stereocenters. The third-order valence-electron chi connectivity index (χ3n) is 2.73. The molecule has 1 amide bonds. The molecular formula is C14H11F3N4O2. The van der Waals surface area contributed by atoms with Crippen LogP contribution in [0.5, 0.6) is 0 Å². The fraction of sp³-hybridized carbons (Fsp3) is 0.143. The van der Waals surface area contributed by atoms with Gasteiger partial charge in [-0.2, -0.15) is 18.3 Å². The SMILES string of the molecule is O=C(Cn1cc(C(F)(F)F)ccc1=O)NN=Cc1ccncc1. The van der Waals surface area contributed by atoms with Gasteiger partial charge in [-0.1, -0.05) is 0 Å². The highest BCUT2D eigenvalue weighted by atomic mass is 19.4. The highest BCUT2D eigenvalue weighted by Crippen LogP contribution is 2.27. The fourth-order valence-electron chi connectivity index (χ4n) is 1.64. The number of nitrogens with zero attached hydrogens (tertiary/aromatic N) is 3. The second-order valence-corrected chi connectivity index (χ2v) is 4.46. The molecule has 0 bridgehead atoms. The second-order valence-electron chi connectivity index (χ2n) is 4.46. The Morgan fingerprint density at radius 3 is 2.61 bits per heavy atom. The Morgan fingerprint density at radius 1 is 1.26 bits per heavy atom. The first-order valence-electron chi connectivity index (χ1n) is 6.36. The molecule has 23 heavy (non-hydrogen) atoms. The van der Waals surface area contributed by atoms with E-state index in [-0.39, 0.29) is 0 Å². The van der Waals surface area contributed by atoms with Crippen LogP contribution >= 0.6 is 0 Å². The normalized spacial score (nSPS) is 11.6. The van der Waals surface area contributed by atoms with E-state index >= 15 is 0 Å². The lowest BCUT2D eigenvalue weighted by Crippen LogP contribution is -2.30. The predicted molar refractivity (Wildman–Crippen MR) is 75.7 cm³/mol. The lowest BCUT2D eigenvalue weighted by atomic mass is 10.3. The van der Waals surface area contributed by atoms with E-state index in [0.29, 0.717) is 22.4 Å². The number of hydrogen-bond acceptors (Lipinski definition) is 4. The topological polar surface area (TPSA) is 76.3 Å². The van der Waals surface area contributed by atoms with Crippen LogP contribution in [0.4, 0.5) is 13.2 Å². The summed E-state index contributed by atoms with van der Waals surface area (Å²) >= 11 is 0. The van der Waals surface area contributed by atoms with Crippen LogP contribution in [0.2, 0.25) is 0 Å². The second kappa shape index (κ2) is 6.86. The molecule has 0 aromatic carbocycles. The summed E-state index contributed by atoms with van der Waals surface area (Å²) in [6.07, 6.45) is 0.408. The van der Waals surface area contributed by atoms with Gasteiger partial charge in [0.2, 0.25) is 0 Å². The Bertz CT molecular complexity index is 770. The molecule has 0 spiro atoms. The van der Waals surface area contributed by atoms with Crippen LogP contribution in [0.1, 0.15) is 11.1 Å². The number of alkyl halides is 3. The minimum Gasteiger partial charge on any atom is -0.305 e. The van der Waals surface area contributed by atoms with Crippen molar-refractivity contribution in [2.24, 2.45) is 5.10 Å². The van der Waals surface area contributed by atoms with E-state index in [0.717, 1.165) is 6.07 Å². The Balaban J connectivity index is 2.03. The summed E-state index contributed by atoms with van der Waals surface area (Å²) in [6.45, 7) is -0.573. The molecule has 6 nitrogen and oxygen atoms in total. The Hall–Kier alpha value is -2.97. The largest absolute Gasteiger partial charge is 0.417 e. The number of nitrogens with one attached hydrogen (secondary N) is 1. The van der Waals surface area contributed by atoms with E-state index in [9.17, 15) is 22.8 Å². The number of amides is 1. The molecule has 2 aromatic heterocycles. The summed E-state index contributed by atoms with van der Waals surface area (Å²) in [6, 6.07) is 4.72. The van der Waals surface area contributed by atoms with E-state index in [1.165, 1.54) is 18.6 Å². The predicted octanol–water partition coefficient (Wildman–Crippen LogP) is 1.41. The van der Waals surface area contributed by atoms with Gasteiger partial charge >= 0.3 is 6.18 Å². The van der Waals surface area contributed by atoms with Crippen molar-refractivity contribution in [3.8, 4) is 0 Å². The molecule has 0 aliphatic rings. The molecule has 1 N–H and O–H groups in total. The minimum atomic E-state index is -4.59. The van der Waals surface area contributed by atoms with Crippen molar-refractivity contribution in [1.82, 2.24) is 15.0 Å². The Kier molecular flexibility index (Phi) is 4.89. The van der Waals surface area contributed by atoms with Crippen molar-refractivity contribution in [2.75, 3.05) is 0 Å². The summed E-state index contributed by atoms with van der Waals surface area (Å²) in [5.74, 6) is -0.725. The van der Waals surface area contributed by atoms with Crippen molar-refractivity contribution < 1.29 is 18.0 Å². The lowest BCUT2D eigenvalue weighted by molar-refractivity contribution is -0.138. The molecule has 9 heteroatoms. The smallest absolute Gasteiger partial charge is 0.305 e. The molecule has 120 valence electrons. The minimum absolute atomic E-state index is 0.573. The number of hydrogen-bond donors (Lipinski definition) is 1. The van der Waals surface area contributed by atoms with E-state index in [1.807, 2.05) is 0 Å². The zero-order valence-corrected chi connectivity index (χ0v) is 11.6. The molecule has 0 atom stereocenters. The van der Waals surface area contributed by atoms with Gasteiger partial charge in [0.15, 0.2) is 0 Å². The Labute approximate surface area is 128 Å². The average molecular weight is 324 g/mol.